The number of aromatic hydroxyl groups is 1. The second-order valence-electron chi connectivity index (χ2n) is 3.27. The standard InChI is InChI=1S/C9H15N3O3S/c1-2-5-11-16(14,15)12-9-4-3-7(13)6-8(9)10/h3-4,6,11-13H,2,5,10H2,1H3. The average Bonchev–Trinajstić information content (AvgIpc) is 2.19. The number of nitrogen functional groups attached to an aromatic ring is 1. The monoisotopic (exact) mass is 245 g/mol. The summed E-state index contributed by atoms with van der Waals surface area (Å²) in [6.45, 7) is 2.21. The maximum Gasteiger partial charge on any atom is 0.299 e. The fourth-order valence-corrected chi connectivity index (χ4v) is 2.08. The Morgan fingerprint density at radius 1 is 1.44 bits per heavy atom. The molecule has 1 rings (SSSR count). The molecule has 16 heavy (non-hydrogen) atoms. The summed E-state index contributed by atoms with van der Waals surface area (Å²) in [5.41, 5.74) is 5.95. The van der Waals surface area contributed by atoms with Crippen LogP contribution in [0.3, 0.4) is 0 Å². The first kappa shape index (κ1) is 12.6. The van der Waals surface area contributed by atoms with Gasteiger partial charge in [0.25, 0.3) is 10.2 Å². The largest absolute Gasteiger partial charge is 0.508 e. The van der Waals surface area contributed by atoms with Gasteiger partial charge in [-0.1, -0.05) is 6.92 Å². The second kappa shape index (κ2) is 5.04. The molecule has 0 atom stereocenters. The number of rotatable bonds is 5. The van der Waals surface area contributed by atoms with E-state index in [9.17, 15) is 8.42 Å². The van der Waals surface area contributed by atoms with Crippen molar-refractivity contribution in [3.05, 3.63) is 18.2 Å². The molecule has 0 aliphatic rings. The van der Waals surface area contributed by atoms with Crippen LogP contribution in [-0.4, -0.2) is 20.1 Å². The lowest BCUT2D eigenvalue weighted by atomic mass is 10.2. The first-order valence-electron chi connectivity index (χ1n) is 4.80. The molecule has 0 saturated carbocycles. The first-order valence-corrected chi connectivity index (χ1v) is 6.29. The van der Waals surface area contributed by atoms with E-state index in [0.29, 0.717) is 13.0 Å². The van der Waals surface area contributed by atoms with Gasteiger partial charge in [0.05, 0.1) is 11.4 Å². The minimum absolute atomic E-state index is 0.0121. The quantitative estimate of drug-likeness (QED) is 0.451. The summed E-state index contributed by atoms with van der Waals surface area (Å²) in [5, 5.41) is 9.10. The number of hydrogen-bond acceptors (Lipinski definition) is 4. The fraction of sp³-hybridized carbons (Fsp3) is 0.333. The summed E-state index contributed by atoms with van der Waals surface area (Å²) in [6.07, 6.45) is 0.700. The molecule has 0 aliphatic carbocycles. The minimum Gasteiger partial charge on any atom is -0.508 e. The van der Waals surface area contributed by atoms with Crippen molar-refractivity contribution in [3.8, 4) is 5.75 Å². The zero-order chi connectivity index (χ0) is 12.2. The van der Waals surface area contributed by atoms with Crippen molar-refractivity contribution >= 4 is 21.6 Å². The number of nitrogens with two attached hydrogens (primary N) is 1. The minimum atomic E-state index is -3.59. The second-order valence-corrected chi connectivity index (χ2v) is 4.77. The van der Waals surface area contributed by atoms with E-state index in [0.717, 1.165) is 0 Å². The Morgan fingerprint density at radius 2 is 2.12 bits per heavy atom. The Labute approximate surface area is 94.7 Å². The molecule has 0 saturated heterocycles. The highest BCUT2D eigenvalue weighted by Crippen LogP contribution is 2.23. The van der Waals surface area contributed by atoms with Gasteiger partial charge < -0.3 is 10.8 Å². The van der Waals surface area contributed by atoms with Gasteiger partial charge in [-0.2, -0.15) is 13.1 Å². The third kappa shape index (κ3) is 3.59. The molecule has 1 aromatic carbocycles. The molecule has 5 N–H and O–H groups in total. The third-order valence-electron chi connectivity index (χ3n) is 1.82. The highest BCUT2D eigenvalue weighted by atomic mass is 32.2. The van der Waals surface area contributed by atoms with Gasteiger partial charge in [-0.15, -0.1) is 0 Å². The number of nitrogens with one attached hydrogen (secondary N) is 2. The van der Waals surface area contributed by atoms with Gasteiger partial charge in [0, 0.05) is 12.6 Å². The van der Waals surface area contributed by atoms with Crippen LogP contribution in [0.25, 0.3) is 0 Å². The molecular formula is C9H15N3O3S. The fourth-order valence-electron chi connectivity index (χ4n) is 1.06. The van der Waals surface area contributed by atoms with Crippen LogP contribution < -0.4 is 15.2 Å². The lowest BCUT2D eigenvalue weighted by Crippen LogP contribution is -2.30. The van der Waals surface area contributed by atoms with Crippen molar-refractivity contribution in [3.63, 3.8) is 0 Å². The highest BCUT2D eigenvalue weighted by molar-refractivity contribution is 7.90. The Balaban J connectivity index is 2.80. The molecule has 0 heterocycles. The van der Waals surface area contributed by atoms with Crippen molar-refractivity contribution in [2.75, 3.05) is 17.0 Å². The number of anilines is 2. The van der Waals surface area contributed by atoms with Gasteiger partial charge in [-0.25, -0.2) is 0 Å². The molecule has 6 nitrogen and oxygen atoms in total. The van der Waals surface area contributed by atoms with Crippen LogP contribution in [0.4, 0.5) is 11.4 Å². The molecular weight excluding hydrogens is 230 g/mol. The van der Waals surface area contributed by atoms with E-state index >= 15 is 0 Å². The van der Waals surface area contributed by atoms with Crippen LogP contribution in [0.1, 0.15) is 13.3 Å². The molecule has 0 radical (unpaired) electrons. The van der Waals surface area contributed by atoms with Crippen LogP contribution in [0.2, 0.25) is 0 Å². The van der Waals surface area contributed by atoms with E-state index in [-0.39, 0.29) is 17.1 Å². The van der Waals surface area contributed by atoms with Gasteiger partial charge >= 0.3 is 0 Å². The molecule has 7 heteroatoms. The lowest BCUT2D eigenvalue weighted by Gasteiger charge is -2.10. The maximum atomic E-state index is 11.5. The molecule has 0 bridgehead atoms. The smallest absolute Gasteiger partial charge is 0.299 e. The predicted molar refractivity (Wildman–Crippen MR) is 63.4 cm³/mol. The summed E-state index contributed by atoms with van der Waals surface area (Å²) in [6, 6.07) is 4.03. The van der Waals surface area contributed by atoms with Gasteiger partial charge in [0.15, 0.2) is 0 Å². The van der Waals surface area contributed by atoms with Crippen LogP contribution in [0.5, 0.6) is 5.75 Å². The summed E-state index contributed by atoms with van der Waals surface area (Å²) < 4.78 is 27.5. The Hall–Kier alpha value is -1.47. The van der Waals surface area contributed by atoms with E-state index in [4.69, 9.17) is 10.8 Å². The van der Waals surface area contributed by atoms with E-state index in [2.05, 4.69) is 9.44 Å². The third-order valence-corrected chi connectivity index (χ3v) is 2.89. The van der Waals surface area contributed by atoms with Gasteiger partial charge in [-0.05, 0) is 18.6 Å². The van der Waals surface area contributed by atoms with Crippen molar-refractivity contribution in [2.24, 2.45) is 0 Å². The summed E-state index contributed by atoms with van der Waals surface area (Å²) in [5.74, 6) is -0.0121. The Morgan fingerprint density at radius 3 is 2.69 bits per heavy atom. The lowest BCUT2D eigenvalue weighted by molar-refractivity contribution is 0.475. The Bertz CT molecular complexity index is 459. The van der Waals surface area contributed by atoms with Crippen LogP contribution >= 0.6 is 0 Å². The van der Waals surface area contributed by atoms with Crippen LogP contribution in [0, 0.1) is 0 Å². The van der Waals surface area contributed by atoms with E-state index in [1.807, 2.05) is 6.92 Å². The number of benzene rings is 1. The molecule has 0 fully saturated rings. The number of hydrogen-bond donors (Lipinski definition) is 4. The predicted octanol–water partition coefficient (Wildman–Crippen LogP) is 0.631. The van der Waals surface area contributed by atoms with Crippen molar-refractivity contribution in [1.82, 2.24) is 4.72 Å². The molecule has 0 spiro atoms. The topological polar surface area (TPSA) is 104 Å². The van der Waals surface area contributed by atoms with Gasteiger partial charge in [0.2, 0.25) is 0 Å². The number of phenols is 1. The van der Waals surface area contributed by atoms with Crippen molar-refractivity contribution in [1.29, 1.82) is 0 Å². The Kier molecular flexibility index (Phi) is 3.97. The van der Waals surface area contributed by atoms with E-state index in [1.54, 1.807) is 0 Å². The summed E-state index contributed by atoms with van der Waals surface area (Å²) >= 11 is 0. The van der Waals surface area contributed by atoms with Crippen LogP contribution in [-0.2, 0) is 10.2 Å². The average molecular weight is 245 g/mol. The molecule has 90 valence electrons. The zero-order valence-corrected chi connectivity index (χ0v) is 9.71. The summed E-state index contributed by atoms with van der Waals surface area (Å²) in [4.78, 5) is 0. The first-order chi connectivity index (χ1) is 7.44. The van der Waals surface area contributed by atoms with Gasteiger partial charge in [0.1, 0.15) is 5.75 Å². The summed E-state index contributed by atoms with van der Waals surface area (Å²) in [7, 11) is -3.59. The van der Waals surface area contributed by atoms with Crippen LogP contribution in [0.15, 0.2) is 18.2 Å². The maximum absolute atomic E-state index is 11.5. The molecule has 0 aliphatic heterocycles. The molecule has 0 aromatic heterocycles. The normalized spacial score (nSPS) is 11.3. The molecule has 1 aromatic rings. The van der Waals surface area contributed by atoms with Crippen molar-refractivity contribution in [2.45, 2.75) is 13.3 Å². The van der Waals surface area contributed by atoms with Crippen molar-refractivity contribution < 1.29 is 13.5 Å². The van der Waals surface area contributed by atoms with E-state index < -0.39 is 10.2 Å². The zero-order valence-electron chi connectivity index (χ0n) is 8.90. The SMILES string of the molecule is CCCNS(=O)(=O)Nc1ccc(O)cc1N. The van der Waals surface area contributed by atoms with Gasteiger partial charge in [-0.3, -0.25) is 4.72 Å². The molecule has 0 unspecified atom stereocenters. The number of phenolic OH excluding ortho intramolecular Hbond substituents is 1. The van der Waals surface area contributed by atoms with E-state index in [1.165, 1.54) is 18.2 Å². The molecule has 0 amide bonds. The highest BCUT2D eigenvalue weighted by Gasteiger charge is 2.10.